The van der Waals surface area contributed by atoms with Crippen LogP contribution < -0.4 is 30.3 Å². The average molecular weight is 600 g/mol. The van der Waals surface area contributed by atoms with Crippen LogP contribution in [0.1, 0.15) is 24.2 Å². The molecule has 0 bridgehead atoms. The highest BCUT2D eigenvalue weighted by Gasteiger charge is 2.47. The highest BCUT2D eigenvalue weighted by molar-refractivity contribution is 7.90. The Morgan fingerprint density at radius 3 is 1.74 bits per heavy atom. The summed E-state index contributed by atoms with van der Waals surface area (Å²) in [6.45, 7) is 3.74. The number of nitrogens with zero attached hydrogens (tertiary/aromatic N) is 2. The number of sulfonamides is 1. The molecule has 3 N–H and O–H groups in total. The second kappa shape index (κ2) is 12.3. The Bertz CT molecular complexity index is 1660. The van der Waals surface area contributed by atoms with E-state index in [4.69, 9.17) is 4.74 Å². The van der Waals surface area contributed by atoms with Crippen molar-refractivity contribution in [2.24, 2.45) is 0 Å². The van der Waals surface area contributed by atoms with Crippen LogP contribution >= 0.6 is 0 Å². The zero-order chi connectivity index (χ0) is 30.6. The van der Waals surface area contributed by atoms with Gasteiger partial charge in [0.1, 0.15) is 5.75 Å². The number of amides is 3. The predicted octanol–water partition coefficient (Wildman–Crippen LogP) is 3.87. The second-order valence-electron chi connectivity index (χ2n) is 9.82. The molecule has 0 aromatic heterocycles. The molecule has 3 amide bonds. The minimum atomic E-state index is -4.18. The van der Waals surface area contributed by atoms with Gasteiger partial charge in [0.05, 0.1) is 22.4 Å². The van der Waals surface area contributed by atoms with Crippen LogP contribution in [0.25, 0.3) is 0 Å². The van der Waals surface area contributed by atoms with E-state index in [9.17, 15) is 22.8 Å². The lowest BCUT2D eigenvalue weighted by Crippen LogP contribution is -2.44. The maximum atomic E-state index is 13.4. The summed E-state index contributed by atoms with van der Waals surface area (Å²) < 4.78 is 33.3. The molecule has 0 radical (unpaired) electrons. The lowest BCUT2D eigenvalue weighted by Gasteiger charge is -2.27. The number of ether oxygens (including phenoxy) is 1. The molecule has 4 aromatic carbocycles. The summed E-state index contributed by atoms with van der Waals surface area (Å²) in [5.74, 6) is -1.23. The third-order valence-electron chi connectivity index (χ3n) is 6.35. The number of rotatable bonds is 10. The maximum Gasteiger partial charge on any atom is 0.274 e. The van der Waals surface area contributed by atoms with Crippen molar-refractivity contribution < 1.29 is 27.5 Å². The lowest BCUT2D eigenvalue weighted by molar-refractivity contribution is -0.124. The van der Waals surface area contributed by atoms with Crippen LogP contribution in [0.2, 0.25) is 0 Å². The number of carbonyl (C=O) groups excluding carboxylic acids is 3. The molecule has 0 saturated carbocycles. The molecule has 1 heterocycles. The van der Waals surface area contributed by atoms with Crippen molar-refractivity contribution in [1.82, 2.24) is 10.1 Å². The molecule has 1 fully saturated rings. The van der Waals surface area contributed by atoms with Gasteiger partial charge in [-0.2, -0.15) is 0 Å². The molecule has 12 heteroatoms. The minimum Gasteiger partial charge on any atom is -0.491 e. The normalized spacial score (nSPS) is 13.8. The van der Waals surface area contributed by atoms with Crippen molar-refractivity contribution in [1.29, 1.82) is 0 Å². The van der Waals surface area contributed by atoms with Gasteiger partial charge in [0.15, 0.2) is 6.04 Å². The number of hydrogen-bond donors (Lipinski definition) is 3. The fourth-order valence-electron chi connectivity index (χ4n) is 4.36. The van der Waals surface area contributed by atoms with Crippen molar-refractivity contribution in [3.8, 4) is 5.75 Å². The molecule has 4 aromatic rings. The smallest absolute Gasteiger partial charge is 0.274 e. The van der Waals surface area contributed by atoms with Gasteiger partial charge in [-0.25, -0.2) is 28.6 Å². The number of hydrazine groups is 2. The Labute approximate surface area is 249 Å². The Balaban J connectivity index is 1.26. The summed E-state index contributed by atoms with van der Waals surface area (Å²) in [7, 11) is -4.18. The largest absolute Gasteiger partial charge is 0.491 e. The fraction of sp³-hybridized carbons (Fsp3) is 0.129. The number of carbonyl (C=O) groups is 3. The van der Waals surface area contributed by atoms with Crippen molar-refractivity contribution in [2.75, 3.05) is 15.4 Å². The molecule has 0 aliphatic carbocycles. The van der Waals surface area contributed by atoms with E-state index in [0.29, 0.717) is 22.8 Å². The van der Waals surface area contributed by atoms with Crippen LogP contribution in [0.4, 0.5) is 17.1 Å². The molecule has 1 aliphatic heterocycles. The molecular formula is C31H29N5O6S. The van der Waals surface area contributed by atoms with Crippen LogP contribution in [0.15, 0.2) is 114 Å². The molecule has 220 valence electrons. The van der Waals surface area contributed by atoms with Crippen LogP contribution in [0, 0.1) is 0 Å². The molecule has 43 heavy (non-hydrogen) atoms. The third kappa shape index (κ3) is 6.50. The van der Waals surface area contributed by atoms with Crippen LogP contribution in [-0.2, 0) is 19.6 Å². The molecule has 1 saturated heterocycles. The summed E-state index contributed by atoms with van der Waals surface area (Å²) in [6, 6.07) is 28.0. The summed E-state index contributed by atoms with van der Waals surface area (Å²) >= 11 is 0. The topological polar surface area (TPSA) is 137 Å². The Hall–Kier alpha value is -5.20. The highest BCUT2D eigenvalue weighted by atomic mass is 32.2. The average Bonchev–Trinajstić information content (AvgIpc) is 3.25. The predicted molar refractivity (Wildman–Crippen MR) is 162 cm³/mol. The Morgan fingerprint density at radius 1 is 0.744 bits per heavy atom. The number of hydrogen-bond acceptors (Lipinski definition) is 8. The molecule has 0 unspecified atom stereocenters. The van der Waals surface area contributed by atoms with E-state index in [1.54, 1.807) is 60.7 Å². The van der Waals surface area contributed by atoms with Gasteiger partial charge in [0.2, 0.25) is 0 Å². The maximum absolute atomic E-state index is 13.4. The molecule has 5 rings (SSSR count). The van der Waals surface area contributed by atoms with Gasteiger partial charge in [-0.05, 0) is 86.6 Å². The zero-order valence-corrected chi connectivity index (χ0v) is 24.1. The summed E-state index contributed by atoms with van der Waals surface area (Å²) in [6.07, 6.45) is -0.0418. The minimum absolute atomic E-state index is 0.0418. The number of benzene rings is 4. The van der Waals surface area contributed by atoms with Crippen LogP contribution in [0.3, 0.4) is 0 Å². The third-order valence-corrected chi connectivity index (χ3v) is 7.70. The van der Waals surface area contributed by atoms with Crippen molar-refractivity contribution in [3.63, 3.8) is 0 Å². The van der Waals surface area contributed by atoms with Crippen molar-refractivity contribution in [3.05, 3.63) is 115 Å². The Kier molecular flexibility index (Phi) is 8.41. The molecule has 11 nitrogen and oxygen atoms in total. The van der Waals surface area contributed by atoms with Gasteiger partial charge in [-0.15, -0.1) is 0 Å². The van der Waals surface area contributed by atoms with Crippen molar-refractivity contribution >= 4 is 44.8 Å². The van der Waals surface area contributed by atoms with E-state index >= 15 is 0 Å². The van der Waals surface area contributed by atoms with Gasteiger partial charge in [0.25, 0.3) is 27.7 Å². The first-order valence-electron chi connectivity index (χ1n) is 13.4. The lowest BCUT2D eigenvalue weighted by atomic mass is 10.2. The quantitative estimate of drug-likeness (QED) is 0.185. The van der Waals surface area contributed by atoms with E-state index in [2.05, 4.69) is 15.6 Å². The van der Waals surface area contributed by atoms with Gasteiger partial charge in [0, 0.05) is 11.3 Å². The first kappa shape index (κ1) is 29.3. The summed E-state index contributed by atoms with van der Waals surface area (Å²) in [4.78, 5) is 39.3. The summed E-state index contributed by atoms with van der Waals surface area (Å²) in [5, 5.41) is 2.61. The van der Waals surface area contributed by atoms with Gasteiger partial charge >= 0.3 is 0 Å². The number of nitrogens with one attached hydrogen (secondary N) is 3. The molecule has 0 atom stereocenters. The SMILES string of the molecule is CC(C)Oc1ccc(C(=O)NS(=O)(=O)c2ccc(NNC3C(=O)N(c4ccccc4)N(c4ccccc4)C3=O)cc2)cc1. The second-order valence-corrected chi connectivity index (χ2v) is 11.5. The molecular weight excluding hydrogens is 570 g/mol. The standard InChI is InChI=1S/C31H29N5O6S/c1-21(2)42-26-17-13-22(14-18-26)29(37)34-43(40,41)27-19-15-23(16-20-27)32-33-28-30(38)35(24-9-5-3-6-10-24)36(31(28)39)25-11-7-4-8-12-25/h3-21,28,32-33H,1-2H3,(H,34,37). The monoisotopic (exact) mass is 599 g/mol. The van der Waals surface area contributed by atoms with Gasteiger partial charge < -0.3 is 10.2 Å². The highest BCUT2D eigenvalue weighted by Crippen LogP contribution is 2.29. The van der Waals surface area contributed by atoms with E-state index in [0.717, 1.165) is 0 Å². The molecule has 1 aliphatic rings. The number of anilines is 3. The van der Waals surface area contributed by atoms with E-state index in [1.807, 2.05) is 26.0 Å². The van der Waals surface area contributed by atoms with Crippen LogP contribution in [-0.4, -0.2) is 38.3 Å². The van der Waals surface area contributed by atoms with Gasteiger partial charge in [-0.1, -0.05) is 36.4 Å². The van der Waals surface area contributed by atoms with Crippen molar-refractivity contribution in [2.45, 2.75) is 30.9 Å². The fourth-order valence-corrected chi connectivity index (χ4v) is 5.34. The van der Waals surface area contributed by atoms with E-state index in [1.165, 1.54) is 46.4 Å². The van der Waals surface area contributed by atoms with Gasteiger partial charge in [-0.3, -0.25) is 14.4 Å². The first-order valence-corrected chi connectivity index (χ1v) is 14.9. The molecule has 0 spiro atoms. The van der Waals surface area contributed by atoms with E-state index in [-0.39, 0.29) is 16.6 Å². The number of para-hydroxylation sites is 2. The van der Waals surface area contributed by atoms with Crippen LogP contribution in [0.5, 0.6) is 5.75 Å². The Morgan fingerprint density at radius 2 is 1.26 bits per heavy atom. The van der Waals surface area contributed by atoms with E-state index < -0.39 is 33.8 Å². The first-order chi connectivity index (χ1) is 20.6. The summed E-state index contributed by atoms with van der Waals surface area (Å²) in [5.41, 5.74) is 7.16. The zero-order valence-electron chi connectivity index (χ0n) is 23.3.